The lowest BCUT2D eigenvalue weighted by Gasteiger charge is -2.02. The second-order valence-corrected chi connectivity index (χ2v) is 4.89. The number of thiazole rings is 1. The molecule has 1 aromatic heterocycles. The normalized spacial score (nSPS) is 10.3. The van der Waals surface area contributed by atoms with E-state index < -0.39 is 5.97 Å². The van der Waals surface area contributed by atoms with Crippen LogP contribution in [0.5, 0.6) is 0 Å². The van der Waals surface area contributed by atoms with Gasteiger partial charge in [-0.05, 0) is 6.07 Å². The lowest BCUT2D eigenvalue weighted by atomic mass is 10.1. The standard InChI is InChI=1S/C11H8BrNO2S/c12-8-4-2-1-3-7(8)11-9(5-10(14)15)13-6-16-11/h1-4,6H,5H2,(H,14,15). The molecule has 16 heavy (non-hydrogen) atoms. The van der Waals surface area contributed by atoms with Crippen LogP contribution in [0.4, 0.5) is 0 Å². The molecular weight excluding hydrogens is 290 g/mol. The van der Waals surface area contributed by atoms with Crippen molar-refractivity contribution in [1.29, 1.82) is 0 Å². The van der Waals surface area contributed by atoms with Crippen LogP contribution in [0, 0.1) is 0 Å². The van der Waals surface area contributed by atoms with E-state index in [1.165, 1.54) is 11.3 Å². The minimum atomic E-state index is -0.862. The number of rotatable bonds is 3. The van der Waals surface area contributed by atoms with Gasteiger partial charge in [-0.1, -0.05) is 34.1 Å². The molecule has 2 aromatic rings. The number of hydrogen-bond acceptors (Lipinski definition) is 3. The quantitative estimate of drug-likeness (QED) is 0.946. The van der Waals surface area contributed by atoms with Gasteiger partial charge in [-0.2, -0.15) is 0 Å². The predicted octanol–water partition coefficient (Wildman–Crippen LogP) is 3.20. The fraction of sp³-hybridized carbons (Fsp3) is 0.0909. The summed E-state index contributed by atoms with van der Waals surface area (Å²) in [7, 11) is 0. The molecule has 0 fully saturated rings. The Balaban J connectivity index is 2.45. The van der Waals surface area contributed by atoms with Crippen LogP contribution < -0.4 is 0 Å². The molecule has 0 amide bonds. The summed E-state index contributed by atoms with van der Waals surface area (Å²) in [5, 5.41) is 8.78. The smallest absolute Gasteiger partial charge is 0.309 e. The van der Waals surface area contributed by atoms with Crippen molar-refractivity contribution >= 4 is 33.2 Å². The lowest BCUT2D eigenvalue weighted by molar-refractivity contribution is -0.136. The molecule has 0 unspecified atom stereocenters. The Morgan fingerprint density at radius 2 is 2.19 bits per heavy atom. The molecule has 1 aromatic carbocycles. The zero-order valence-corrected chi connectivity index (χ0v) is 10.6. The van der Waals surface area contributed by atoms with Gasteiger partial charge in [0.05, 0.1) is 22.5 Å². The van der Waals surface area contributed by atoms with Crippen molar-refractivity contribution in [3.8, 4) is 10.4 Å². The Labute approximate surface area is 105 Å². The largest absolute Gasteiger partial charge is 0.481 e. The van der Waals surface area contributed by atoms with Crippen LogP contribution in [-0.2, 0) is 11.2 Å². The van der Waals surface area contributed by atoms with Gasteiger partial charge in [0.15, 0.2) is 0 Å². The molecule has 0 spiro atoms. The molecule has 1 N–H and O–H groups in total. The molecule has 2 rings (SSSR count). The molecule has 0 bridgehead atoms. The van der Waals surface area contributed by atoms with Crippen molar-refractivity contribution < 1.29 is 9.90 Å². The van der Waals surface area contributed by atoms with Crippen molar-refractivity contribution in [3.63, 3.8) is 0 Å². The van der Waals surface area contributed by atoms with Crippen LogP contribution in [-0.4, -0.2) is 16.1 Å². The maximum Gasteiger partial charge on any atom is 0.309 e. The number of carboxylic acids is 1. The van der Waals surface area contributed by atoms with Gasteiger partial charge >= 0.3 is 5.97 Å². The summed E-state index contributed by atoms with van der Waals surface area (Å²) in [4.78, 5) is 15.7. The summed E-state index contributed by atoms with van der Waals surface area (Å²) in [6.45, 7) is 0. The summed E-state index contributed by atoms with van der Waals surface area (Å²) in [6, 6.07) is 7.72. The van der Waals surface area contributed by atoms with Crippen LogP contribution in [0.1, 0.15) is 5.69 Å². The van der Waals surface area contributed by atoms with E-state index in [1.54, 1.807) is 5.51 Å². The van der Waals surface area contributed by atoms with E-state index in [1.807, 2.05) is 24.3 Å². The molecule has 0 saturated heterocycles. The molecule has 0 aliphatic heterocycles. The average molecular weight is 298 g/mol. The van der Waals surface area contributed by atoms with E-state index >= 15 is 0 Å². The fourth-order valence-corrected chi connectivity index (χ4v) is 2.87. The summed E-state index contributed by atoms with van der Waals surface area (Å²) in [6.07, 6.45) is -0.0415. The molecule has 0 aliphatic carbocycles. The van der Waals surface area contributed by atoms with E-state index in [4.69, 9.17) is 5.11 Å². The van der Waals surface area contributed by atoms with E-state index in [9.17, 15) is 4.79 Å². The van der Waals surface area contributed by atoms with Crippen molar-refractivity contribution in [2.24, 2.45) is 0 Å². The Morgan fingerprint density at radius 1 is 1.44 bits per heavy atom. The molecule has 3 nitrogen and oxygen atoms in total. The predicted molar refractivity (Wildman–Crippen MR) is 66.6 cm³/mol. The van der Waals surface area contributed by atoms with Crippen LogP contribution in [0.2, 0.25) is 0 Å². The molecule has 1 heterocycles. The van der Waals surface area contributed by atoms with Crippen LogP contribution >= 0.6 is 27.3 Å². The van der Waals surface area contributed by atoms with E-state index in [-0.39, 0.29) is 6.42 Å². The average Bonchev–Trinajstić information content (AvgIpc) is 2.66. The minimum Gasteiger partial charge on any atom is -0.481 e. The first-order chi connectivity index (χ1) is 7.68. The SMILES string of the molecule is O=C(O)Cc1ncsc1-c1ccccc1Br. The molecule has 0 radical (unpaired) electrons. The molecule has 0 aliphatic rings. The zero-order valence-electron chi connectivity index (χ0n) is 8.18. The second kappa shape index (κ2) is 4.76. The Morgan fingerprint density at radius 3 is 2.88 bits per heavy atom. The Hall–Kier alpha value is -1.20. The summed E-state index contributed by atoms with van der Waals surface area (Å²) < 4.78 is 0.950. The number of aliphatic carboxylic acids is 1. The highest BCUT2D eigenvalue weighted by Gasteiger charge is 2.13. The third-order valence-electron chi connectivity index (χ3n) is 2.08. The van der Waals surface area contributed by atoms with Gasteiger partial charge < -0.3 is 5.11 Å². The highest BCUT2D eigenvalue weighted by atomic mass is 79.9. The monoisotopic (exact) mass is 297 g/mol. The van der Waals surface area contributed by atoms with Gasteiger partial charge in [-0.25, -0.2) is 4.98 Å². The van der Waals surface area contributed by atoms with E-state index in [2.05, 4.69) is 20.9 Å². The lowest BCUT2D eigenvalue weighted by Crippen LogP contribution is -2.01. The number of benzene rings is 1. The number of hydrogen-bond donors (Lipinski definition) is 1. The number of carbonyl (C=O) groups is 1. The Bertz CT molecular complexity index is 524. The van der Waals surface area contributed by atoms with Crippen molar-refractivity contribution in [3.05, 3.63) is 39.9 Å². The molecule has 0 atom stereocenters. The molecular formula is C11H8BrNO2S. The van der Waals surface area contributed by atoms with Crippen molar-refractivity contribution in [2.75, 3.05) is 0 Å². The highest BCUT2D eigenvalue weighted by Crippen LogP contribution is 2.33. The number of halogens is 1. The highest BCUT2D eigenvalue weighted by molar-refractivity contribution is 9.10. The first kappa shape index (κ1) is 11.3. The third-order valence-corrected chi connectivity index (χ3v) is 3.67. The van der Waals surface area contributed by atoms with E-state index in [0.29, 0.717) is 5.69 Å². The summed E-state index contributed by atoms with van der Waals surface area (Å²) in [5.41, 5.74) is 3.28. The van der Waals surface area contributed by atoms with Crippen molar-refractivity contribution in [1.82, 2.24) is 4.98 Å². The summed E-state index contributed by atoms with van der Waals surface area (Å²) in [5.74, 6) is -0.862. The van der Waals surface area contributed by atoms with E-state index in [0.717, 1.165) is 14.9 Å². The Kier molecular flexibility index (Phi) is 3.36. The molecule has 82 valence electrons. The first-order valence-corrected chi connectivity index (χ1v) is 6.25. The topological polar surface area (TPSA) is 50.2 Å². The van der Waals surface area contributed by atoms with Gasteiger partial charge in [-0.3, -0.25) is 4.79 Å². The zero-order chi connectivity index (χ0) is 11.5. The number of aromatic nitrogens is 1. The van der Waals surface area contributed by atoms with Gasteiger partial charge in [0.25, 0.3) is 0 Å². The maximum absolute atomic E-state index is 10.7. The molecule has 5 heteroatoms. The number of carboxylic acid groups (broad SMARTS) is 1. The van der Waals surface area contributed by atoms with Crippen LogP contribution in [0.15, 0.2) is 34.2 Å². The first-order valence-electron chi connectivity index (χ1n) is 4.57. The van der Waals surface area contributed by atoms with Crippen molar-refractivity contribution in [2.45, 2.75) is 6.42 Å². The minimum absolute atomic E-state index is 0.0415. The number of nitrogens with zero attached hydrogens (tertiary/aromatic N) is 1. The van der Waals surface area contributed by atoms with Gasteiger partial charge in [0, 0.05) is 10.0 Å². The van der Waals surface area contributed by atoms with Gasteiger partial charge in [-0.15, -0.1) is 11.3 Å². The third kappa shape index (κ3) is 2.31. The maximum atomic E-state index is 10.7. The molecule has 0 saturated carbocycles. The van der Waals surface area contributed by atoms with Crippen LogP contribution in [0.25, 0.3) is 10.4 Å². The summed E-state index contributed by atoms with van der Waals surface area (Å²) >= 11 is 4.90. The second-order valence-electron chi connectivity index (χ2n) is 3.18. The van der Waals surface area contributed by atoms with Crippen LogP contribution in [0.3, 0.4) is 0 Å². The fourth-order valence-electron chi connectivity index (χ4n) is 1.40. The van der Waals surface area contributed by atoms with Gasteiger partial charge in [0.1, 0.15) is 0 Å². The van der Waals surface area contributed by atoms with Gasteiger partial charge in [0.2, 0.25) is 0 Å².